The first kappa shape index (κ1) is 14.2. The summed E-state index contributed by atoms with van der Waals surface area (Å²) in [5, 5.41) is 1.69. The van der Waals surface area contributed by atoms with Crippen LogP contribution in [0.4, 0.5) is 17.6 Å². The summed E-state index contributed by atoms with van der Waals surface area (Å²) in [4.78, 5) is 11.5. The molecule has 2 nitrogen and oxygen atoms in total. The Morgan fingerprint density at radius 2 is 2.06 bits per heavy atom. The van der Waals surface area contributed by atoms with Crippen molar-refractivity contribution < 1.29 is 22.4 Å². The zero-order valence-corrected chi connectivity index (χ0v) is 9.57. The molecule has 0 aliphatic heterocycles. The van der Waals surface area contributed by atoms with E-state index >= 15 is 0 Å². The van der Waals surface area contributed by atoms with Crippen LogP contribution in [0.5, 0.6) is 0 Å². The van der Waals surface area contributed by atoms with Gasteiger partial charge in [0.2, 0.25) is 0 Å². The van der Waals surface area contributed by atoms with E-state index in [-0.39, 0.29) is 11.1 Å². The topological polar surface area (TPSA) is 29.1 Å². The molecule has 0 unspecified atom stereocenters. The quantitative estimate of drug-likeness (QED) is 0.832. The van der Waals surface area contributed by atoms with Crippen molar-refractivity contribution in [3.63, 3.8) is 0 Å². The summed E-state index contributed by atoms with van der Waals surface area (Å²) in [5.74, 6) is -1.66. The van der Waals surface area contributed by atoms with Gasteiger partial charge in [-0.25, -0.2) is 4.39 Å². The molecule has 0 saturated heterocycles. The van der Waals surface area contributed by atoms with Crippen LogP contribution in [0.15, 0.2) is 18.7 Å². The van der Waals surface area contributed by atoms with Crippen LogP contribution in [-0.2, 0) is 0 Å². The molecule has 18 heavy (non-hydrogen) atoms. The van der Waals surface area contributed by atoms with Gasteiger partial charge in [-0.3, -0.25) is 4.79 Å². The lowest BCUT2D eigenvalue weighted by molar-refractivity contribution is -0.123. The number of carbonyl (C=O) groups excluding carboxylic acids is 1. The number of hydrogen-bond acceptors (Lipinski definition) is 1. The zero-order valence-electron chi connectivity index (χ0n) is 9.57. The molecule has 1 aromatic carbocycles. The maximum Gasteiger partial charge on any atom is 0.405 e. The number of alkyl halides is 3. The van der Waals surface area contributed by atoms with Gasteiger partial charge >= 0.3 is 6.18 Å². The predicted octanol–water partition coefficient (Wildman–Crippen LogP) is 3.07. The molecule has 0 spiro atoms. The second kappa shape index (κ2) is 5.20. The summed E-state index contributed by atoms with van der Waals surface area (Å²) < 4.78 is 49.2. The van der Waals surface area contributed by atoms with Crippen molar-refractivity contribution in [3.8, 4) is 0 Å². The van der Waals surface area contributed by atoms with Crippen molar-refractivity contribution in [3.05, 3.63) is 41.2 Å². The third-order valence-corrected chi connectivity index (χ3v) is 2.26. The first-order valence-corrected chi connectivity index (χ1v) is 5.02. The van der Waals surface area contributed by atoms with E-state index in [0.717, 1.165) is 6.07 Å². The third kappa shape index (κ3) is 3.58. The number of carbonyl (C=O) groups is 1. The van der Waals surface area contributed by atoms with Crippen LogP contribution in [0.3, 0.4) is 0 Å². The molecule has 0 aliphatic rings. The Kier molecular flexibility index (Phi) is 4.11. The zero-order chi connectivity index (χ0) is 13.9. The monoisotopic (exact) mass is 261 g/mol. The molecule has 6 heteroatoms. The number of hydrogen-bond donors (Lipinski definition) is 1. The van der Waals surface area contributed by atoms with Crippen LogP contribution < -0.4 is 5.32 Å². The number of benzene rings is 1. The standard InChI is InChI=1S/C12H11F4NO/c1-3-8-4-7(2)9(5-10(8)13)11(18)17-6-12(14,15)16/h3-5H,1,6H2,2H3,(H,17,18). The third-order valence-electron chi connectivity index (χ3n) is 2.26. The fraction of sp³-hybridized carbons (Fsp3) is 0.250. The van der Waals surface area contributed by atoms with Crippen molar-refractivity contribution in [1.29, 1.82) is 0 Å². The molecule has 1 rings (SSSR count). The lowest BCUT2D eigenvalue weighted by atomic mass is 10.0. The molecule has 0 aliphatic carbocycles. The Balaban J connectivity index is 2.93. The van der Waals surface area contributed by atoms with Crippen molar-refractivity contribution >= 4 is 12.0 Å². The number of halogens is 4. The number of rotatable bonds is 3. The molecule has 0 radical (unpaired) electrons. The van der Waals surface area contributed by atoms with E-state index in [0.29, 0.717) is 5.56 Å². The van der Waals surface area contributed by atoms with Crippen LogP contribution in [0.25, 0.3) is 6.08 Å². The summed E-state index contributed by atoms with van der Waals surface area (Å²) in [5.41, 5.74) is 0.452. The average molecular weight is 261 g/mol. The Morgan fingerprint density at radius 3 is 2.56 bits per heavy atom. The van der Waals surface area contributed by atoms with E-state index in [2.05, 4.69) is 6.58 Å². The molecule has 1 N–H and O–H groups in total. The summed E-state index contributed by atoms with van der Waals surface area (Å²) in [6, 6.07) is 2.25. The summed E-state index contributed by atoms with van der Waals surface area (Å²) in [7, 11) is 0. The minimum absolute atomic E-state index is 0.123. The van der Waals surface area contributed by atoms with Gasteiger partial charge < -0.3 is 5.32 Å². The van der Waals surface area contributed by atoms with E-state index in [1.807, 2.05) is 0 Å². The predicted molar refractivity (Wildman–Crippen MR) is 59.6 cm³/mol. The highest BCUT2D eigenvalue weighted by Crippen LogP contribution is 2.17. The Bertz CT molecular complexity index is 480. The molecule has 1 amide bonds. The first-order chi connectivity index (χ1) is 8.24. The highest BCUT2D eigenvalue weighted by Gasteiger charge is 2.28. The van der Waals surface area contributed by atoms with Crippen LogP contribution >= 0.6 is 0 Å². The summed E-state index contributed by atoms with van der Waals surface area (Å²) in [6.07, 6.45) is -3.23. The normalized spacial score (nSPS) is 11.2. The maximum absolute atomic E-state index is 13.4. The molecule has 0 aromatic heterocycles. The van der Waals surface area contributed by atoms with Crippen molar-refractivity contribution in [2.45, 2.75) is 13.1 Å². The molecule has 98 valence electrons. The molecule has 0 atom stereocenters. The van der Waals surface area contributed by atoms with Gasteiger partial charge in [-0.1, -0.05) is 12.7 Å². The molecule has 0 saturated carbocycles. The molecule has 0 heterocycles. The number of nitrogens with one attached hydrogen (secondary N) is 1. The lowest BCUT2D eigenvalue weighted by Crippen LogP contribution is -2.34. The van der Waals surface area contributed by atoms with Crippen LogP contribution in [0, 0.1) is 12.7 Å². The van der Waals surface area contributed by atoms with Gasteiger partial charge in [-0.2, -0.15) is 13.2 Å². The highest BCUT2D eigenvalue weighted by atomic mass is 19.4. The van der Waals surface area contributed by atoms with Gasteiger partial charge in [0.1, 0.15) is 12.4 Å². The van der Waals surface area contributed by atoms with Crippen LogP contribution in [-0.4, -0.2) is 18.6 Å². The van der Waals surface area contributed by atoms with Crippen LogP contribution in [0.1, 0.15) is 21.5 Å². The van der Waals surface area contributed by atoms with Gasteiger partial charge in [-0.15, -0.1) is 0 Å². The smallest absolute Gasteiger partial charge is 0.343 e. The van der Waals surface area contributed by atoms with Crippen LogP contribution in [0.2, 0.25) is 0 Å². The maximum atomic E-state index is 13.4. The Morgan fingerprint density at radius 1 is 1.44 bits per heavy atom. The van der Waals surface area contributed by atoms with E-state index in [9.17, 15) is 22.4 Å². The number of aryl methyl sites for hydroxylation is 1. The SMILES string of the molecule is C=Cc1cc(C)c(C(=O)NCC(F)(F)F)cc1F. The van der Waals surface area contributed by atoms with Crippen molar-refractivity contribution in [1.82, 2.24) is 5.32 Å². The average Bonchev–Trinajstić information content (AvgIpc) is 2.27. The number of amides is 1. The summed E-state index contributed by atoms with van der Waals surface area (Å²) in [6.45, 7) is 3.45. The van der Waals surface area contributed by atoms with Crippen molar-refractivity contribution in [2.24, 2.45) is 0 Å². The largest absolute Gasteiger partial charge is 0.405 e. The van der Waals surface area contributed by atoms with E-state index < -0.39 is 24.4 Å². The fourth-order valence-electron chi connectivity index (χ4n) is 1.38. The Labute approximate surface area is 101 Å². The van der Waals surface area contributed by atoms with Gasteiger partial charge in [0, 0.05) is 11.1 Å². The molecule has 1 aromatic rings. The summed E-state index contributed by atoms with van der Waals surface area (Å²) >= 11 is 0. The second-order valence-electron chi connectivity index (χ2n) is 3.69. The molecular weight excluding hydrogens is 250 g/mol. The molecule has 0 bridgehead atoms. The molecule has 0 fully saturated rings. The van der Waals surface area contributed by atoms with Gasteiger partial charge in [0.15, 0.2) is 0 Å². The van der Waals surface area contributed by atoms with E-state index in [1.54, 1.807) is 5.32 Å². The Hall–Kier alpha value is -1.85. The lowest BCUT2D eigenvalue weighted by Gasteiger charge is -2.11. The van der Waals surface area contributed by atoms with Gasteiger partial charge in [0.05, 0.1) is 0 Å². The highest BCUT2D eigenvalue weighted by molar-refractivity contribution is 5.95. The van der Waals surface area contributed by atoms with E-state index in [1.165, 1.54) is 19.1 Å². The second-order valence-corrected chi connectivity index (χ2v) is 3.69. The van der Waals surface area contributed by atoms with Crippen molar-refractivity contribution in [2.75, 3.05) is 6.54 Å². The molecular formula is C12H11F4NO. The van der Waals surface area contributed by atoms with E-state index in [4.69, 9.17) is 0 Å². The van der Waals surface area contributed by atoms with Gasteiger partial charge in [0.25, 0.3) is 5.91 Å². The van der Waals surface area contributed by atoms with Gasteiger partial charge in [-0.05, 0) is 24.6 Å². The minimum atomic E-state index is -4.50. The minimum Gasteiger partial charge on any atom is -0.343 e. The first-order valence-electron chi connectivity index (χ1n) is 5.02. The fourth-order valence-corrected chi connectivity index (χ4v) is 1.38.